The number of rotatable bonds is 4. The average molecular weight is 272 g/mol. The smallest absolute Gasteiger partial charge is 0.142 e. The van der Waals surface area contributed by atoms with Crippen molar-refractivity contribution in [1.29, 1.82) is 0 Å². The fourth-order valence-corrected chi connectivity index (χ4v) is 2.72. The van der Waals surface area contributed by atoms with Gasteiger partial charge < -0.3 is 10.1 Å². The zero-order valence-electron chi connectivity index (χ0n) is 10.6. The second kappa shape index (κ2) is 6.50. The van der Waals surface area contributed by atoms with Crippen LogP contribution in [0.5, 0.6) is 0 Å². The molecule has 0 amide bonds. The van der Waals surface area contributed by atoms with E-state index in [-0.39, 0.29) is 10.8 Å². The molecule has 100 valence electrons. The molecule has 1 aromatic rings. The van der Waals surface area contributed by atoms with Crippen LogP contribution in [0.1, 0.15) is 18.9 Å². The van der Waals surface area contributed by atoms with Crippen LogP contribution in [0.4, 0.5) is 4.39 Å². The SMILES string of the molecule is CCNC1CCOCC1Cc1cccc(F)c1Cl. The van der Waals surface area contributed by atoms with Crippen LogP contribution in [0, 0.1) is 11.7 Å². The lowest BCUT2D eigenvalue weighted by Gasteiger charge is -2.32. The van der Waals surface area contributed by atoms with Gasteiger partial charge in [-0.2, -0.15) is 0 Å². The van der Waals surface area contributed by atoms with Gasteiger partial charge in [-0.3, -0.25) is 0 Å². The van der Waals surface area contributed by atoms with E-state index in [0.29, 0.717) is 18.6 Å². The zero-order valence-corrected chi connectivity index (χ0v) is 11.3. The summed E-state index contributed by atoms with van der Waals surface area (Å²) < 4.78 is 18.9. The lowest BCUT2D eigenvalue weighted by atomic mass is 9.89. The van der Waals surface area contributed by atoms with E-state index >= 15 is 0 Å². The molecule has 2 atom stereocenters. The van der Waals surface area contributed by atoms with Gasteiger partial charge in [-0.15, -0.1) is 0 Å². The molecule has 4 heteroatoms. The van der Waals surface area contributed by atoms with Crippen LogP contribution in [-0.4, -0.2) is 25.8 Å². The minimum Gasteiger partial charge on any atom is -0.381 e. The fourth-order valence-electron chi connectivity index (χ4n) is 2.52. The van der Waals surface area contributed by atoms with E-state index in [1.807, 2.05) is 6.07 Å². The van der Waals surface area contributed by atoms with Gasteiger partial charge in [0.15, 0.2) is 0 Å². The number of hydrogen-bond donors (Lipinski definition) is 1. The number of nitrogens with one attached hydrogen (secondary N) is 1. The van der Waals surface area contributed by atoms with Gasteiger partial charge >= 0.3 is 0 Å². The van der Waals surface area contributed by atoms with Gasteiger partial charge in [0.05, 0.1) is 11.6 Å². The molecule has 2 nitrogen and oxygen atoms in total. The van der Waals surface area contributed by atoms with Crippen LogP contribution in [0.25, 0.3) is 0 Å². The van der Waals surface area contributed by atoms with Crippen molar-refractivity contribution in [1.82, 2.24) is 5.32 Å². The molecule has 0 aliphatic carbocycles. The summed E-state index contributed by atoms with van der Waals surface area (Å²) in [7, 11) is 0. The summed E-state index contributed by atoms with van der Waals surface area (Å²) >= 11 is 6.00. The molecule has 0 saturated carbocycles. The van der Waals surface area contributed by atoms with E-state index in [2.05, 4.69) is 12.2 Å². The van der Waals surface area contributed by atoms with Crippen molar-refractivity contribution >= 4 is 11.6 Å². The van der Waals surface area contributed by atoms with Crippen LogP contribution in [-0.2, 0) is 11.2 Å². The Morgan fingerprint density at radius 1 is 1.50 bits per heavy atom. The van der Waals surface area contributed by atoms with Crippen LogP contribution in [0.2, 0.25) is 5.02 Å². The van der Waals surface area contributed by atoms with Crippen LogP contribution in [0.15, 0.2) is 18.2 Å². The highest BCUT2D eigenvalue weighted by molar-refractivity contribution is 6.31. The lowest BCUT2D eigenvalue weighted by Crippen LogP contribution is -2.43. The van der Waals surface area contributed by atoms with Gasteiger partial charge in [0.1, 0.15) is 5.82 Å². The highest BCUT2D eigenvalue weighted by atomic mass is 35.5. The van der Waals surface area contributed by atoms with Gasteiger partial charge in [0.2, 0.25) is 0 Å². The van der Waals surface area contributed by atoms with E-state index in [0.717, 1.165) is 31.6 Å². The molecule has 2 rings (SSSR count). The first-order valence-electron chi connectivity index (χ1n) is 6.46. The first-order valence-corrected chi connectivity index (χ1v) is 6.84. The number of benzene rings is 1. The molecule has 0 radical (unpaired) electrons. The quantitative estimate of drug-likeness (QED) is 0.909. The Balaban J connectivity index is 2.08. The summed E-state index contributed by atoms with van der Waals surface area (Å²) in [6.45, 7) is 4.55. The molecule has 1 heterocycles. The van der Waals surface area contributed by atoms with Crippen molar-refractivity contribution in [2.45, 2.75) is 25.8 Å². The second-order valence-corrected chi connectivity index (χ2v) is 5.08. The molecule has 18 heavy (non-hydrogen) atoms. The number of hydrogen-bond acceptors (Lipinski definition) is 2. The van der Waals surface area contributed by atoms with Gasteiger partial charge in [0, 0.05) is 18.6 Å². The van der Waals surface area contributed by atoms with Gasteiger partial charge in [0.25, 0.3) is 0 Å². The molecule has 1 aliphatic rings. The highest BCUT2D eigenvalue weighted by Gasteiger charge is 2.26. The minimum absolute atomic E-state index is 0.248. The predicted octanol–water partition coefficient (Wildman–Crippen LogP) is 3.04. The summed E-state index contributed by atoms with van der Waals surface area (Å²) in [5.74, 6) is 0.0175. The lowest BCUT2D eigenvalue weighted by molar-refractivity contribution is 0.0326. The highest BCUT2D eigenvalue weighted by Crippen LogP contribution is 2.26. The number of halogens is 2. The molecule has 2 unspecified atom stereocenters. The maximum absolute atomic E-state index is 13.4. The van der Waals surface area contributed by atoms with Crippen LogP contribution >= 0.6 is 11.6 Å². The first kappa shape index (κ1) is 13.8. The Kier molecular flexibility index (Phi) is 4.98. The van der Waals surface area contributed by atoms with Crippen molar-refractivity contribution in [2.75, 3.05) is 19.8 Å². The first-order chi connectivity index (χ1) is 8.72. The minimum atomic E-state index is -0.342. The van der Waals surface area contributed by atoms with Crippen molar-refractivity contribution in [3.63, 3.8) is 0 Å². The monoisotopic (exact) mass is 271 g/mol. The second-order valence-electron chi connectivity index (χ2n) is 4.70. The van der Waals surface area contributed by atoms with Gasteiger partial charge in [-0.05, 0) is 31.0 Å². The van der Waals surface area contributed by atoms with E-state index in [1.54, 1.807) is 6.07 Å². The third kappa shape index (κ3) is 3.22. The Bertz CT molecular complexity index is 397. The summed E-state index contributed by atoms with van der Waals surface area (Å²) in [4.78, 5) is 0. The maximum Gasteiger partial charge on any atom is 0.142 e. The molecular weight excluding hydrogens is 253 g/mol. The van der Waals surface area contributed by atoms with Crippen molar-refractivity contribution < 1.29 is 9.13 Å². The summed E-state index contributed by atoms with van der Waals surface area (Å²) in [5, 5.41) is 3.72. The predicted molar refractivity (Wildman–Crippen MR) is 71.5 cm³/mol. The van der Waals surface area contributed by atoms with E-state index in [4.69, 9.17) is 16.3 Å². The van der Waals surface area contributed by atoms with Crippen LogP contribution < -0.4 is 5.32 Å². The topological polar surface area (TPSA) is 21.3 Å². The number of ether oxygens (including phenoxy) is 1. The summed E-state index contributed by atoms with van der Waals surface area (Å²) in [6, 6.07) is 5.43. The molecule has 1 saturated heterocycles. The fraction of sp³-hybridized carbons (Fsp3) is 0.571. The van der Waals surface area contributed by atoms with E-state index in [9.17, 15) is 4.39 Å². The normalized spacial score (nSPS) is 24.2. The van der Waals surface area contributed by atoms with Crippen molar-refractivity contribution in [3.05, 3.63) is 34.6 Å². The third-order valence-corrected chi connectivity index (χ3v) is 3.88. The summed E-state index contributed by atoms with van der Waals surface area (Å²) in [5.41, 5.74) is 0.870. The summed E-state index contributed by atoms with van der Waals surface area (Å²) in [6.07, 6.45) is 1.76. The van der Waals surface area contributed by atoms with Crippen LogP contribution in [0.3, 0.4) is 0 Å². The van der Waals surface area contributed by atoms with E-state index < -0.39 is 0 Å². The van der Waals surface area contributed by atoms with E-state index in [1.165, 1.54) is 6.07 Å². The molecule has 0 spiro atoms. The van der Waals surface area contributed by atoms with Crippen molar-refractivity contribution in [3.8, 4) is 0 Å². The average Bonchev–Trinajstić information content (AvgIpc) is 2.37. The molecule has 0 bridgehead atoms. The Labute approximate surface area is 112 Å². The van der Waals surface area contributed by atoms with Crippen molar-refractivity contribution in [2.24, 2.45) is 5.92 Å². The molecule has 1 aromatic carbocycles. The Morgan fingerprint density at radius 2 is 2.33 bits per heavy atom. The van der Waals surface area contributed by atoms with Gasteiger partial charge in [-0.1, -0.05) is 30.7 Å². The Morgan fingerprint density at radius 3 is 3.11 bits per heavy atom. The van der Waals surface area contributed by atoms with Gasteiger partial charge in [-0.25, -0.2) is 4.39 Å². The maximum atomic E-state index is 13.4. The third-order valence-electron chi connectivity index (χ3n) is 3.45. The molecule has 1 fully saturated rings. The zero-order chi connectivity index (χ0) is 13.0. The Hall–Kier alpha value is -0.640. The molecule has 1 aliphatic heterocycles. The molecule has 0 aromatic heterocycles. The largest absolute Gasteiger partial charge is 0.381 e. The molecule has 1 N–H and O–H groups in total. The standard InChI is InChI=1S/C14H19ClFNO/c1-2-17-13-6-7-18-9-11(13)8-10-4-3-5-12(16)14(10)15/h3-5,11,13,17H,2,6-9H2,1H3. The molecular formula is C14H19ClFNO.